The first-order valence-corrected chi connectivity index (χ1v) is 10.4. The van der Waals surface area contributed by atoms with Crippen LogP contribution >= 0.6 is 0 Å². The average molecular weight is 376 g/mol. The van der Waals surface area contributed by atoms with Gasteiger partial charge in [0.2, 0.25) is 0 Å². The summed E-state index contributed by atoms with van der Waals surface area (Å²) in [6.45, 7) is 3.72. The van der Waals surface area contributed by atoms with Crippen molar-refractivity contribution in [3.05, 3.63) is 23.3 Å². The standard InChI is InChI=1S/C22H33NO4/c1-25-21-9-17-5-6-23(11-18(17)10-22(21)26-2)12-20(24)14-27-13-19-8-15-3-4-16(19)7-15/h9-10,15-16,19-20,24H,3-8,11-14H2,1-2H3/t15-,16-,19+,20-/m1/s1. The van der Waals surface area contributed by atoms with E-state index in [0.29, 0.717) is 13.2 Å². The molecule has 4 rings (SSSR count). The molecule has 1 aromatic carbocycles. The molecule has 5 nitrogen and oxygen atoms in total. The highest BCUT2D eigenvalue weighted by Crippen LogP contribution is 2.48. The molecule has 0 aromatic heterocycles. The lowest BCUT2D eigenvalue weighted by molar-refractivity contribution is -0.00388. The van der Waals surface area contributed by atoms with E-state index in [0.717, 1.165) is 55.4 Å². The summed E-state index contributed by atoms with van der Waals surface area (Å²) in [7, 11) is 3.34. The Morgan fingerprint density at radius 1 is 1.11 bits per heavy atom. The fraction of sp³-hybridized carbons (Fsp3) is 0.727. The van der Waals surface area contributed by atoms with Crippen molar-refractivity contribution in [1.29, 1.82) is 0 Å². The van der Waals surface area contributed by atoms with E-state index in [2.05, 4.69) is 17.0 Å². The number of hydrogen-bond donors (Lipinski definition) is 1. The first-order valence-electron chi connectivity index (χ1n) is 10.4. The second kappa shape index (κ2) is 8.38. The summed E-state index contributed by atoms with van der Waals surface area (Å²) in [6.07, 6.45) is 6.12. The molecular weight excluding hydrogens is 342 g/mol. The monoisotopic (exact) mass is 375 g/mol. The van der Waals surface area contributed by atoms with Crippen molar-refractivity contribution >= 4 is 0 Å². The number of nitrogens with zero attached hydrogens (tertiary/aromatic N) is 1. The Morgan fingerprint density at radius 3 is 2.56 bits per heavy atom. The molecule has 0 saturated heterocycles. The van der Waals surface area contributed by atoms with Gasteiger partial charge in [-0.15, -0.1) is 0 Å². The maximum absolute atomic E-state index is 10.4. The number of aliphatic hydroxyl groups is 1. The highest BCUT2D eigenvalue weighted by atomic mass is 16.5. The van der Waals surface area contributed by atoms with Gasteiger partial charge in [0, 0.05) is 26.2 Å². The molecule has 4 atom stereocenters. The number of fused-ring (bicyclic) bond motifs is 3. The van der Waals surface area contributed by atoms with Crippen LogP contribution in [-0.2, 0) is 17.7 Å². The largest absolute Gasteiger partial charge is 0.493 e. The number of methoxy groups -OCH3 is 2. The van der Waals surface area contributed by atoms with Gasteiger partial charge in [-0.05, 0) is 66.7 Å². The molecule has 3 aliphatic rings. The molecule has 1 aliphatic heterocycles. The van der Waals surface area contributed by atoms with Gasteiger partial charge in [-0.25, -0.2) is 0 Å². The molecule has 2 aliphatic carbocycles. The van der Waals surface area contributed by atoms with Gasteiger partial charge >= 0.3 is 0 Å². The second-order valence-corrected chi connectivity index (χ2v) is 8.59. The maximum Gasteiger partial charge on any atom is 0.161 e. The van der Waals surface area contributed by atoms with Crippen LogP contribution < -0.4 is 9.47 Å². The topological polar surface area (TPSA) is 51.2 Å². The molecule has 2 bridgehead atoms. The first kappa shape index (κ1) is 19.0. The molecule has 1 heterocycles. The molecule has 0 unspecified atom stereocenters. The van der Waals surface area contributed by atoms with E-state index in [1.165, 1.54) is 36.8 Å². The summed E-state index contributed by atoms with van der Waals surface area (Å²) in [4.78, 5) is 2.31. The average Bonchev–Trinajstić information content (AvgIpc) is 3.30. The fourth-order valence-corrected chi connectivity index (χ4v) is 5.38. The zero-order valence-electron chi connectivity index (χ0n) is 16.7. The minimum Gasteiger partial charge on any atom is -0.493 e. The molecule has 0 radical (unpaired) electrons. The van der Waals surface area contributed by atoms with Crippen molar-refractivity contribution in [3.8, 4) is 11.5 Å². The van der Waals surface area contributed by atoms with Crippen LogP contribution in [0.4, 0.5) is 0 Å². The molecule has 27 heavy (non-hydrogen) atoms. The maximum atomic E-state index is 10.4. The normalized spacial score (nSPS) is 28.2. The molecule has 1 aromatic rings. The Kier molecular flexibility index (Phi) is 5.90. The zero-order chi connectivity index (χ0) is 18.8. The quantitative estimate of drug-likeness (QED) is 0.757. The predicted octanol–water partition coefficient (Wildman–Crippen LogP) is 2.88. The van der Waals surface area contributed by atoms with Gasteiger partial charge in [-0.3, -0.25) is 4.90 Å². The van der Waals surface area contributed by atoms with Gasteiger partial charge in [0.15, 0.2) is 11.5 Å². The van der Waals surface area contributed by atoms with Gasteiger partial charge in [0.05, 0.1) is 26.9 Å². The lowest BCUT2D eigenvalue weighted by Gasteiger charge is -2.31. The van der Waals surface area contributed by atoms with Crippen molar-refractivity contribution < 1.29 is 19.3 Å². The summed E-state index contributed by atoms with van der Waals surface area (Å²) in [6, 6.07) is 4.15. The SMILES string of the molecule is COc1cc2c(cc1OC)CN(C[C@@H](O)COC[C@@H]1C[C@@H]3CC[C@@H]1C3)CC2. The Balaban J connectivity index is 1.24. The van der Waals surface area contributed by atoms with Crippen molar-refractivity contribution in [2.75, 3.05) is 40.5 Å². The van der Waals surface area contributed by atoms with Crippen molar-refractivity contribution in [3.63, 3.8) is 0 Å². The van der Waals surface area contributed by atoms with Crippen LogP contribution in [0.25, 0.3) is 0 Å². The van der Waals surface area contributed by atoms with Crippen LogP contribution in [0.2, 0.25) is 0 Å². The summed E-state index contributed by atoms with van der Waals surface area (Å²) >= 11 is 0. The number of benzene rings is 1. The Labute approximate surface area is 162 Å². The number of β-amino-alcohol motifs (C(OH)–C–C–N with tert-alkyl or cyclic N) is 1. The second-order valence-electron chi connectivity index (χ2n) is 8.59. The number of ether oxygens (including phenoxy) is 3. The molecular formula is C22H33NO4. The summed E-state index contributed by atoms with van der Waals surface area (Å²) < 4.78 is 16.7. The fourth-order valence-electron chi connectivity index (χ4n) is 5.38. The molecule has 1 N–H and O–H groups in total. The van der Waals surface area contributed by atoms with Crippen LogP contribution in [0.5, 0.6) is 11.5 Å². The predicted molar refractivity (Wildman–Crippen MR) is 104 cm³/mol. The van der Waals surface area contributed by atoms with Crippen LogP contribution in [0, 0.1) is 17.8 Å². The van der Waals surface area contributed by atoms with E-state index in [1.54, 1.807) is 14.2 Å². The third-order valence-electron chi connectivity index (χ3n) is 6.79. The summed E-state index contributed by atoms with van der Waals surface area (Å²) in [5.74, 6) is 4.14. The molecule has 2 fully saturated rings. The van der Waals surface area contributed by atoms with E-state index in [4.69, 9.17) is 14.2 Å². The van der Waals surface area contributed by atoms with E-state index in [9.17, 15) is 5.11 Å². The molecule has 0 amide bonds. The summed E-state index contributed by atoms with van der Waals surface area (Å²) in [5, 5.41) is 10.4. The van der Waals surface area contributed by atoms with Crippen LogP contribution in [-0.4, -0.2) is 56.6 Å². The lowest BCUT2D eigenvalue weighted by atomic mass is 9.90. The summed E-state index contributed by atoms with van der Waals surface area (Å²) in [5.41, 5.74) is 2.57. The van der Waals surface area contributed by atoms with Gasteiger partial charge in [0.1, 0.15) is 0 Å². The smallest absolute Gasteiger partial charge is 0.161 e. The van der Waals surface area contributed by atoms with Gasteiger partial charge in [-0.2, -0.15) is 0 Å². The van der Waals surface area contributed by atoms with E-state index in [-0.39, 0.29) is 0 Å². The minimum absolute atomic E-state index is 0.426. The highest BCUT2D eigenvalue weighted by Gasteiger charge is 2.39. The van der Waals surface area contributed by atoms with Gasteiger partial charge in [0.25, 0.3) is 0 Å². The van der Waals surface area contributed by atoms with Crippen molar-refractivity contribution in [2.45, 2.75) is 44.8 Å². The molecule has 5 heteroatoms. The molecule has 2 saturated carbocycles. The van der Waals surface area contributed by atoms with Crippen LogP contribution in [0.15, 0.2) is 12.1 Å². The Hall–Kier alpha value is -1.30. The van der Waals surface area contributed by atoms with Crippen LogP contribution in [0.3, 0.4) is 0 Å². The van der Waals surface area contributed by atoms with Crippen molar-refractivity contribution in [1.82, 2.24) is 4.90 Å². The zero-order valence-corrected chi connectivity index (χ0v) is 16.7. The number of aliphatic hydroxyl groups excluding tert-OH is 1. The number of rotatable bonds is 8. The van der Waals surface area contributed by atoms with Gasteiger partial charge in [-0.1, -0.05) is 6.42 Å². The Bertz CT molecular complexity index is 649. The first-order chi connectivity index (χ1) is 13.2. The number of hydrogen-bond acceptors (Lipinski definition) is 5. The molecule has 150 valence electrons. The Morgan fingerprint density at radius 2 is 1.89 bits per heavy atom. The third kappa shape index (κ3) is 4.25. The third-order valence-corrected chi connectivity index (χ3v) is 6.79. The van der Waals surface area contributed by atoms with Crippen molar-refractivity contribution in [2.24, 2.45) is 17.8 Å². The molecule has 0 spiro atoms. The van der Waals surface area contributed by atoms with Gasteiger partial charge < -0.3 is 19.3 Å². The van der Waals surface area contributed by atoms with E-state index < -0.39 is 6.10 Å². The minimum atomic E-state index is -0.426. The lowest BCUT2D eigenvalue weighted by Crippen LogP contribution is -2.38. The highest BCUT2D eigenvalue weighted by molar-refractivity contribution is 5.48. The van der Waals surface area contributed by atoms with E-state index in [1.807, 2.05) is 0 Å². The van der Waals surface area contributed by atoms with E-state index >= 15 is 0 Å². The van der Waals surface area contributed by atoms with Crippen LogP contribution in [0.1, 0.15) is 36.8 Å².